The number of nitro groups is 1. The molecule has 5 N–H and O–H groups in total. The standard InChI is InChI=1S/C6H6N10O2/c7-5-11-12-6-14(8)4(13-15(5)6)2-1-3(10-9-2)16(17)18/h1H,8H2,(H2,7,11)(H,9,10). The number of nitrogen functional groups attached to an aromatic ring is 2. The number of aromatic nitrogens is 7. The predicted octanol–water partition coefficient (Wildman–Crippen LogP) is -1.48. The molecule has 0 bridgehead atoms. The molecule has 0 amide bonds. The van der Waals surface area contributed by atoms with Crippen LogP contribution < -0.4 is 11.6 Å². The summed E-state index contributed by atoms with van der Waals surface area (Å²) in [5, 5.41) is 27.8. The van der Waals surface area contributed by atoms with Crippen molar-refractivity contribution in [2.45, 2.75) is 0 Å². The van der Waals surface area contributed by atoms with Crippen molar-refractivity contribution in [3.05, 3.63) is 16.2 Å². The molecule has 92 valence electrons. The Balaban J connectivity index is 2.18. The summed E-state index contributed by atoms with van der Waals surface area (Å²) in [6.45, 7) is 0. The lowest BCUT2D eigenvalue weighted by Gasteiger charge is -1.92. The van der Waals surface area contributed by atoms with Gasteiger partial charge in [0.05, 0.1) is 6.07 Å². The number of H-pyrrole nitrogens is 1. The number of anilines is 1. The van der Waals surface area contributed by atoms with Crippen molar-refractivity contribution < 1.29 is 4.92 Å². The molecule has 0 aromatic carbocycles. The zero-order valence-corrected chi connectivity index (χ0v) is 8.68. The van der Waals surface area contributed by atoms with Gasteiger partial charge in [-0.1, -0.05) is 5.10 Å². The number of hydrogen-bond acceptors (Lipinski definition) is 8. The molecule has 0 saturated heterocycles. The predicted molar refractivity (Wildman–Crippen MR) is 57.6 cm³/mol. The van der Waals surface area contributed by atoms with Gasteiger partial charge in [0.1, 0.15) is 0 Å². The van der Waals surface area contributed by atoms with Gasteiger partial charge in [0.2, 0.25) is 11.8 Å². The first-order valence-corrected chi connectivity index (χ1v) is 4.63. The van der Waals surface area contributed by atoms with E-state index in [1.807, 2.05) is 0 Å². The van der Waals surface area contributed by atoms with Gasteiger partial charge in [-0.2, -0.15) is 4.52 Å². The highest BCUT2D eigenvalue weighted by Crippen LogP contribution is 2.19. The summed E-state index contributed by atoms with van der Waals surface area (Å²) in [6, 6.07) is 1.20. The van der Waals surface area contributed by atoms with Crippen LogP contribution in [0.4, 0.5) is 11.8 Å². The van der Waals surface area contributed by atoms with Crippen molar-refractivity contribution in [2.24, 2.45) is 0 Å². The van der Waals surface area contributed by atoms with Crippen molar-refractivity contribution in [1.82, 2.24) is 34.7 Å². The molecule has 0 saturated carbocycles. The molecule has 18 heavy (non-hydrogen) atoms. The highest BCUT2D eigenvalue weighted by Gasteiger charge is 2.20. The zero-order valence-electron chi connectivity index (χ0n) is 8.68. The fourth-order valence-electron chi connectivity index (χ4n) is 1.46. The molecule has 0 fully saturated rings. The number of nitrogens with two attached hydrogens (primary N) is 2. The zero-order chi connectivity index (χ0) is 12.9. The summed E-state index contributed by atoms with van der Waals surface area (Å²) in [4.78, 5) is 9.93. The second-order valence-electron chi connectivity index (χ2n) is 3.36. The van der Waals surface area contributed by atoms with Crippen LogP contribution in [0, 0.1) is 10.1 Å². The lowest BCUT2D eigenvalue weighted by Crippen LogP contribution is -2.10. The minimum atomic E-state index is -0.610. The van der Waals surface area contributed by atoms with E-state index in [9.17, 15) is 10.1 Å². The van der Waals surface area contributed by atoms with Gasteiger partial charge in [0.15, 0.2) is 5.69 Å². The first-order chi connectivity index (χ1) is 8.58. The molecule has 0 aliphatic rings. The Morgan fingerprint density at radius 3 is 2.83 bits per heavy atom. The summed E-state index contributed by atoms with van der Waals surface area (Å²) in [5.74, 6) is 5.89. The third-order valence-electron chi connectivity index (χ3n) is 2.28. The van der Waals surface area contributed by atoms with Crippen LogP contribution in [0.3, 0.4) is 0 Å². The van der Waals surface area contributed by atoms with Gasteiger partial charge in [-0.25, -0.2) is 4.68 Å². The Morgan fingerprint density at radius 1 is 1.44 bits per heavy atom. The second kappa shape index (κ2) is 3.16. The Bertz CT molecular complexity index is 750. The van der Waals surface area contributed by atoms with Crippen LogP contribution in [0.15, 0.2) is 6.07 Å². The van der Waals surface area contributed by atoms with Crippen LogP contribution >= 0.6 is 0 Å². The van der Waals surface area contributed by atoms with Crippen molar-refractivity contribution in [2.75, 3.05) is 11.6 Å². The van der Waals surface area contributed by atoms with Crippen LogP contribution in [-0.2, 0) is 0 Å². The van der Waals surface area contributed by atoms with E-state index in [-0.39, 0.29) is 29.1 Å². The molecule has 0 radical (unpaired) electrons. The molecule has 0 aliphatic carbocycles. The van der Waals surface area contributed by atoms with Crippen LogP contribution in [0.2, 0.25) is 0 Å². The largest absolute Gasteiger partial charge is 0.366 e. The lowest BCUT2D eigenvalue weighted by atomic mass is 10.4. The summed E-state index contributed by atoms with van der Waals surface area (Å²) >= 11 is 0. The molecule has 3 rings (SSSR count). The SMILES string of the molecule is Nc1nnc2n(N)c(-c3cc([N+](=O)[O-])[nH]n3)nn12. The van der Waals surface area contributed by atoms with E-state index in [4.69, 9.17) is 11.6 Å². The average Bonchev–Trinajstić information content (AvgIpc) is 2.97. The third-order valence-corrected chi connectivity index (χ3v) is 2.28. The fraction of sp³-hybridized carbons (Fsp3) is 0. The molecule has 0 spiro atoms. The van der Waals surface area contributed by atoms with E-state index in [0.29, 0.717) is 0 Å². The van der Waals surface area contributed by atoms with Crippen molar-refractivity contribution in [1.29, 1.82) is 0 Å². The third kappa shape index (κ3) is 1.19. The summed E-state index contributed by atoms with van der Waals surface area (Å²) in [5.41, 5.74) is 5.71. The second-order valence-corrected chi connectivity index (χ2v) is 3.36. The minimum absolute atomic E-state index is 0.0560. The van der Waals surface area contributed by atoms with E-state index in [2.05, 4.69) is 25.5 Å². The Labute approximate surface area is 97.3 Å². The maximum atomic E-state index is 10.5. The Kier molecular flexibility index (Phi) is 1.76. The summed E-state index contributed by atoms with van der Waals surface area (Å²) in [6.07, 6.45) is 0. The maximum Gasteiger partial charge on any atom is 0.343 e. The number of nitrogens with one attached hydrogen (secondary N) is 1. The summed E-state index contributed by atoms with van der Waals surface area (Å²) in [7, 11) is 0. The van der Waals surface area contributed by atoms with Gasteiger partial charge >= 0.3 is 5.82 Å². The number of rotatable bonds is 2. The minimum Gasteiger partial charge on any atom is -0.366 e. The highest BCUT2D eigenvalue weighted by molar-refractivity contribution is 5.56. The van der Waals surface area contributed by atoms with E-state index in [0.717, 1.165) is 4.68 Å². The van der Waals surface area contributed by atoms with Crippen LogP contribution in [-0.4, -0.2) is 39.6 Å². The van der Waals surface area contributed by atoms with E-state index in [1.54, 1.807) is 0 Å². The van der Waals surface area contributed by atoms with Crippen LogP contribution in [0.25, 0.3) is 17.3 Å². The quantitative estimate of drug-likeness (QED) is 0.280. The van der Waals surface area contributed by atoms with Gasteiger partial charge in [-0.3, -0.25) is 0 Å². The molecule has 12 heteroatoms. The molecule has 0 aliphatic heterocycles. The smallest absolute Gasteiger partial charge is 0.343 e. The van der Waals surface area contributed by atoms with E-state index >= 15 is 0 Å². The first kappa shape index (κ1) is 10.0. The van der Waals surface area contributed by atoms with Gasteiger partial charge in [-0.05, 0) is 4.92 Å². The monoisotopic (exact) mass is 250 g/mol. The topological polar surface area (TPSA) is 172 Å². The fourth-order valence-corrected chi connectivity index (χ4v) is 1.46. The molecule has 12 nitrogen and oxygen atoms in total. The number of fused-ring (bicyclic) bond motifs is 1. The van der Waals surface area contributed by atoms with Gasteiger partial charge in [0, 0.05) is 0 Å². The summed E-state index contributed by atoms with van der Waals surface area (Å²) < 4.78 is 2.29. The molecular weight excluding hydrogens is 244 g/mol. The molecule has 0 atom stereocenters. The van der Waals surface area contributed by atoms with E-state index < -0.39 is 4.92 Å². The van der Waals surface area contributed by atoms with Gasteiger partial charge in [0.25, 0.3) is 5.78 Å². The Hall–Kier alpha value is -3.18. The van der Waals surface area contributed by atoms with Crippen LogP contribution in [0.1, 0.15) is 0 Å². The molecule has 3 aromatic heterocycles. The molecule has 0 unspecified atom stereocenters. The molecular formula is C6H6N10O2. The van der Waals surface area contributed by atoms with E-state index in [1.165, 1.54) is 10.6 Å². The highest BCUT2D eigenvalue weighted by atomic mass is 16.6. The maximum absolute atomic E-state index is 10.5. The van der Waals surface area contributed by atoms with Crippen molar-refractivity contribution in [3.8, 4) is 11.5 Å². The average molecular weight is 250 g/mol. The van der Waals surface area contributed by atoms with Gasteiger partial charge in [-0.15, -0.1) is 20.4 Å². The van der Waals surface area contributed by atoms with Gasteiger partial charge < -0.3 is 21.7 Å². The number of aromatic amines is 1. The van der Waals surface area contributed by atoms with Crippen molar-refractivity contribution >= 4 is 17.5 Å². The van der Waals surface area contributed by atoms with Crippen LogP contribution in [0.5, 0.6) is 0 Å². The number of hydrogen-bond donors (Lipinski definition) is 3. The number of nitrogens with zero attached hydrogens (tertiary/aromatic N) is 7. The van der Waals surface area contributed by atoms with Crippen molar-refractivity contribution in [3.63, 3.8) is 0 Å². The first-order valence-electron chi connectivity index (χ1n) is 4.63. The molecule has 3 heterocycles. The lowest BCUT2D eigenvalue weighted by molar-refractivity contribution is -0.389. The Morgan fingerprint density at radius 2 is 2.22 bits per heavy atom. The molecule has 3 aromatic rings. The normalized spacial score (nSPS) is 11.1.